The smallest absolute Gasteiger partial charge is 0.320 e. The van der Waals surface area contributed by atoms with Crippen molar-refractivity contribution >= 4 is 17.9 Å². The molecule has 188 valence electrons. The van der Waals surface area contributed by atoms with Gasteiger partial charge >= 0.3 is 17.9 Å². The molecule has 1 atom stereocenters. The minimum Gasteiger partial charge on any atom is -0.481 e. The summed E-state index contributed by atoms with van der Waals surface area (Å²) in [6.07, 6.45) is 3.25. The van der Waals surface area contributed by atoms with Gasteiger partial charge in [-0.3, -0.25) is 14.4 Å². The molecule has 0 heterocycles. The van der Waals surface area contributed by atoms with Crippen LogP contribution in [0.2, 0.25) is 0 Å². The number of rotatable bonds is 10. The Kier molecular flexibility index (Phi) is 8.71. The van der Waals surface area contributed by atoms with Crippen molar-refractivity contribution in [1.29, 1.82) is 0 Å². The van der Waals surface area contributed by atoms with Crippen LogP contribution in [-0.4, -0.2) is 23.0 Å². The Morgan fingerprint density at radius 1 is 0.829 bits per heavy atom. The van der Waals surface area contributed by atoms with Crippen LogP contribution in [0.25, 0.3) is 0 Å². The van der Waals surface area contributed by atoms with Crippen LogP contribution in [0.4, 0.5) is 0 Å². The number of esters is 2. The largest absolute Gasteiger partial charge is 0.481 e. The number of carbonyl (C=O) groups is 3. The first-order chi connectivity index (χ1) is 16.6. The van der Waals surface area contributed by atoms with Gasteiger partial charge in [0.05, 0.1) is 5.41 Å². The van der Waals surface area contributed by atoms with E-state index in [1.165, 1.54) is 0 Å². The molecular weight excluding hydrogens is 444 g/mol. The molecule has 0 aromatic heterocycles. The lowest BCUT2D eigenvalue weighted by Gasteiger charge is -2.46. The molecule has 0 bridgehead atoms. The monoisotopic (exact) mass is 480 g/mol. The van der Waals surface area contributed by atoms with Gasteiger partial charge in [0.15, 0.2) is 5.92 Å². The van der Waals surface area contributed by atoms with E-state index in [0.717, 1.165) is 36.8 Å². The first-order valence-electron chi connectivity index (χ1n) is 12.3. The minimum atomic E-state index is -1.33. The number of hydrogen-bond acceptors (Lipinski definition) is 5. The van der Waals surface area contributed by atoms with Crippen molar-refractivity contribution in [2.24, 2.45) is 22.7 Å². The summed E-state index contributed by atoms with van der Waals surface area (Å²) in [5.41, 5.74) is -0.390. The molecule has 35 heavy (non-hydrogen) atoms. The van der Waals surface area contributed by atoms with E-state index in [1.807, 2.05) is 81.4 Å². The molecule has 1 unspecified atom stereocenters. The van der Waals surface area contributed by atoms with Gasteiger partial charge < -0.3 is 14.6 Å². The van der Waals surface area contributed by atoms with Gasteiger partial charge in [-0.2, -0.15) is 0 Å². The van der Waals surface area contributed by atoms with Crippen molar-refractivity contribution in [3.63, 3.8) is 0 Å². The third-order valence-electron chi connectivity index (χ3n) is 7.32. The van der Waals surface area contributed by atoms with Crippen molar-refractivity contribution in [2.75, 3.05) is 0 Å². The fourth-order valence-corrected chi connectivity index (χ4v) is 5.33. The van der Waals surface area contributed by atoms with E-state index in [4.69, 9.17) is 9.47 Å². The highest BCUT2D eigenvalue weighted by molar-refractivity contribution is 5.95. The van der Waals surface area contributed by atoms with E-state index in [0.29, 0.717) is 0 Å². The van der Waals surface area contributed by atoms with Crippen LogP contribution < -0.4 is 0 Å². The van der Waals surface area contributed by atoms with Crippen LogP contribution in [0, 0.1) is 22.7 Å². The van der Waals surface area contributed by atoms with Gasteiger partial charge in [0.1, 0.15) is 13.2 Å². The molecule has 1 N–H and O–H groups in total. The molecule has 0 radical (unpaired) electrons. The summed E-state index contributed by atoms with van der Waals surface area (Å²) in [4.78, 5) is 39.5. The molecule has 6 nitrogen and oxygen atoms in total. The standard InChI is InChI=1S/C29H36O6/c1-28(2,3)29(27(32)33,23-16-10-11-17-23)18-24(25(30)34-19-21-12-6-4-7-13-21)26(31)35-20-22-14-8-5-9-15-22/h4-9,12-15,23-24H,10-11,16-20H2,1-3H3,(H,32,33). The van der Waals surface area contributed by atoms with Crippen molar-refractivity contribution in [3.05, 3.63) is 71.8 Å². The molecular formula is C29H36O6. The fraction of sp³-hybridized carbons (Fsp3) is 0.483. The van der Waals surface area contributed by atoms with Crippen molar-refractivity contribution in [3.8, 4) is 0 Å². The van der Waals surface area contributed by atoms with Crippen LogP contribution in [0.5, 0.6) is 0 Å². The molecule has 0 amide bonds. The highest BCUT2D eigenvalue weighted by Crippen LogP contribution is 2.55. The molecule has 6 heteroatoms. The normalized spacial score (nSPS) is 16.0. The molecule has 0 spiro atoms. The molecule has 0 saturated heterocycles. The molecule has 1 aliphatic carbocycles. The van der Waals surface area contributed by atoms with Crippen LogP contribution in [0.1, 0.15) is 64.0 Å². The molecule has 1 saturated carbocycles. The van der Waals surface area contributed by atoms with Gasteiger partial charge in [-0.25, -0.2) is 0 Å². The van der Waals surface area contributed by atoms with Gasteiger partial charge in [-0.05, 0) is 41.7 Å². The van der Waals surface area contributed by atoms with Gasteiger partial charge in [-0.15, -0.1) is 0 Å². The molecule has 0 aliphatic heterocycles. The predicted molar refractivity (Wildman–Crippen MR) is 132 cm³/mol. The SMILES string of the molecule is CC(C)(C)C(CC(C(=O)OCc1ccccc1)C(=O)OCc1ccccc1)(C(=O)O)C1CCCC1. The van der Waals surface area contributed by atoms with Crippen molar-refractivity contribution in [2.45, 2.75) is 66.1 Å². The van der Waals surface area contributed by atoms with E-state index in [2.05, 4.69) is 0 Å². The number of aliphatic carboxylic acids is 1. The summed E-state index contributed by atoms with van der Waals surface area (Å²) < 4.78 is 11.1. The zero-order valence-electron chi connectivity index (χ0n) is 20.9. The van der Waals surface area contributed by atoms with Crippen LogP contribution in [0.3, 0.4) is 0 Å². The van der Waals surface area contributed by atoms with Crippen molar-refractivity contribution < 1.29 is 29.0 Å². The lowest BCUT2D eigenvalue weighted by atomic mass is 9.55. The lowest BCUT2D eigenvalue weighted by Crippen LogP contribution is -2.51. The fourth-order valence-electron chi connectivity index (χ4n) is 5.33. The minimum absolute atomic E-state index is 0.00115. The average Bonchev–Trinajstić information content (AvgIpc) is 3.37. The Bertz CT molecular complexity index is 933. The molecule has 1 fully saturated rings. The number of hydrogen-bond donors (Lipinski definition) is 1. The first-order valence-corrected chi connectivity index (χ1v) is 12.3. The molecule has 1 aliphatic rings. The zero-order valence-corrected chi connectivity index (χ0v) is 20.9. The summed E-state index contributed by atoms with van der Waals surface area (Å²) in [5, 5.41) is 10.5. The number of ether oxygens (including phenoxy) is 2. The number of benzene rings is 2. The van der Waals surface area contributed by atoms with Gasteiger partial charge in [0.2, 0.25) is 0 Å². The third kappa shape index (κ3) is 6.30. The van der Waals surface area contributed by atoms with Crippen LogP contribution >= 0.6 is 0 Å². The maximum Gasteiger partial charge on any atom is 0.320 e. The Morgan fingerprint density at radius 2 is 1.26 bits per heavy atom. The van der Waals surface area contributed by atoms with Gasteiger partial charge in [0, 0.05) is 0 Å². The van der Waals surface area contributed by atoms with Gasteiger partial charge in [0.25, 0.3) is 0 Å². The number of carboxylic acids is 1. The molecule has 2 aromatic carbocycles. The van der Waals surface area contributed by atoms with Gasteiger partial charge in [-0.1, -0.05) is 94.3 Å². The van der Waals surface area contributed by atoms with E-state index >= 15 is 0 Å². The quantitative estimate of drug-likeness (QED) is 0.342. The maximum absolute atomic E-state index is 13.3. The highest BCUT2D eigenvalue weighted by atomic mass is 16.6. The molecule has 3 rings (SSSR count). The summed E-state index contributed by atoms with van der Waals surface area (Å²) in [7, 11) is 0. The zero-order chi connectivity index (χ0) is 25.5. The van der Waals surface area contributed by atoms with E-state index < -0.39 is 34.7 Å². The Balaban J connectivity index is 1.89. The van der Waals surface area contributed by atoms with Crippen LogP contribution in [-0.2, 0) is 37.1 Å². The topological polar surface area (TPSA) is 89.9 Å². The van der Waals surface area contributed by atoms with Crippen LogP contribution in [0.15, 0.2) is 60.7 Å². The lowest BCUT2D eigenvalue weighted by molar-refractivity contribution is -0.174. The predicted octanol–water partition coefficient (Wildman–Crippen LogP) is 5.79. The summed E-state index contributed by atoms with van der Waals surface area (Å²) >= 11 is 0. The Labute approximate surface area is 207 Å². The highest BCUT2D eigenvalue weighted by Gasteiger charge is 2.57. The molecule has 2 aromatic rings. The Hall–Kier alpha value is -3.15. The maximum atomic E-state index is 13.3. The first kappa shape index (κ1) is 26.5. The van der Waals surface area contributed by atoms with E-state index in [1.54, 1.807) is 0 Å². The summed E-state index contributed by atoms with van der Waals surface area (Å²) in [5.74, 6) is -3.95. The second kappa shape index (κ2) is 11.5. The Morgan fingerprint density at radius 3 is 1.63 bits per heavy atom. The second-order valence-corrected chi connectivity index (χ2v) is 10.5. The second-order valence-electron chi connectivity index (χ2n) is 10.5. The average molecular weight is 481 g/mol. The summed E-state index contributed by atoms with van der Waals surface area (Å²) in [6, 6.07) is 18.4. The number of carboxylic acid groups (broad SMARTS) is 1. The van der Waals surface area contributed by atoms with Crippen molar-refractivity contribution in [1.82, 2.24) is 0 Å². The van der Waals surface area contributed by atoms with E-state index in [9.17, 15) is 19.5 Å². The summed E-state index contributed by atoms with van der Waals surface area (Å²) in [6.45, 7) is 5.63. The van der Waals surface area contributed by atoms with E-state index in [-0.39, 0.29) is 25.6 Å². The number of carbonyl (C=O) groups excluding carboxylic acids is 2. The third-order valence-corrected chi connectivity index (χ3v) is 7.32.